The third kappa shape index (κ3) is 2.21. The Morgan fingerprint density at radius 1 is 1.56 bits per heavy atom. The van der Waals surface area contributed by atoms with Gasteiger partial charge in [0.25, 0.3) is 5.91 Å². The first-order valence-electron chi connectivity index (χ1n) is 5.72. The average Bonchev–Trinajstić information content (AvgIpc) is 2.61. The van der Waals surface area contributed by atoms with E-state index in [2.05, 4.69) is 17.3 Å². The minimum atomic E-state index is 0.0581. The van der Waals surface area contributed by atoms with E-state index in [9.17, 15) is 4.79 Å². The number of nitrogens with one attached hydrogen (secondary N) is 1. The van der Waals surface area contributed by atoms with Crippen molar-refractivity contribution in [3.63, 3.8) is 0 Å². The summed E-state index contributed by atoms with van der Waals surface area (Å²) >= 11 is 1.61. The van der Waals surface area contributed by atoms with Gasteiger partial charge >= 0.3 is 0 Å². The van der Waals surface area contributed by atoms with Crippen LogP contribution in [0, 0.1) is 0 Å². The third-order valence-corrected chi connectivity index (χ3v) is 4.01. The molecule has 2 heterocycles. The van der Waals surface area contributed by atoms with Crippen molar-refractivity contribution < 1.29 is 4.79 Å². The molecule has 0 saturated carbocycles. The van der Waals surface area contributed by atoms with Gasteiger partial charge in [-0.2, -0.15) is 0 Å². The fourth-order valence-corrected chi connectivity index (χ4v) is 3.08. The lowest BCUT2D eigenvalue weighted by atomic mass is 10.1. The molecule has 0 aromatic carbocycles. The highest BCUT2D eigenvalue weighted by atomic mass is 32.1. The van der Waals surface area contributed by atoms with Crippen LogP contribution in [-0.2, 0) is 6.42 Å². The number of hydrogen-bond acceptors (Lipinski definition) is 3. The molecule has 0 bridgehead atoms. The van der Waals surface area contributed by atoms with Gasteiger partial charge in [0.05, 0.1) is 9.88 Å². The Labute approximate surface area is 100 Å². The minimum Gasteiger partial charge on any atom is -0.366 e. The Bertz CT molecular complexity index is 398. The van der Waals surface area contributed by atoms with Crippen LogP contribution >= 0.6 is 11.3 Å². The third-order valence-electron chi connectivity index (χ3n) is 2.72. The van der Waals surface area contributed by atoms with Crippen LogP contribution in [-0.4, -0.2) is 25.5 Å². The maximum Gasteiger partial charge on any atom is 0.261 e. The second-order valence-electron chi connectivity index (χ2n) is 4.59. The number of hydrogen-bond donors (Lipinski definition) is 1. The van der Waals surface area contributed by atoms with E-state index in [1.165, 1.54) is 17.0 Å². The van der Waals surface area contributed by atoms with Crippen LogP contribution in [0.15, 0.2) is 6.07 Å². The lowest BCUT2D eigenvalue weighted by molar-refractivity contribution is 0.0947. The number of rotatable bonds is 2. The molecule has 16 heavy (non-hydrogen) atoms. The molecule has 88 valence electrons. The summed E-state index contributed by atoms with van der Waals surface area (Å²) in [6, 6.07) is 2.25. The lowest BCUT2D eigenvalue weighted by Gasteiger charge is -2.23. The van der Waals surface area contributed by atoms with Gasteiger partial charge in [-0.1, -0.05) is 0 Å². The summed E-state index contributed by atoms with van der Waals surface area (Å²) in [6.07, 6.45) is 2.29. The van der Waals surface area contributed by atoms with Crippen LogP contribution in [0.1, 0.15) is 35.5 Å². The molecule has 0 spiro atoms. The summed E-state index contributed by atoms with van der Waals surface area (Å²) in [4.78, 5) is 14.9. The molecule has 0 saturated heterocycles. The number of carbonyl (C=O) groups excluding carboxylic acids is 1. The van der Waals surface area contributed by atoms with E-state index < -0.39 is 0 Å². The zero-order chi connectivity index (χ0) is 11.7. The zero-order valence-electron chi connectivity index (χ0n) is 10.0. The zero-order valence-corrected chi connectivity index (χ0v) is 10.9. The van der Waals surface area contributed by atoms with Crippen LogP contribution in [0.4, 0.5) is 5.00 Å². The molecule has 1 amide bonds. The van der Waals surface area contributed by atoms with Crippen molar-refractivity contribution in [1.82, 2.24) is 5.32 Å². The normalized spacial score (nSPS) is 15.1. The number of thiophene rings is 1. The van der Waals surface area contributed by atoms with E-state index in [0.717, 1.165) is 17.8 Å². The van der Waals surface area contributed by atoms with Gasteiger partial charge in [0, 0.05) is 19.6 Å². The number of amides is 1. The highest BCUT2D eigenvalue weighted by Gasteiger charge is 2.20. The van der Waals surface area contributed by atoms with Crippen LogP contribution in [0.2, 0.25) is 0 Å². The molecular weight excluding hydrogens is 220 g/mol. The van der Waals surface area contributed by atoms with E-state index in [1.54, 1.807) is 11.3 Å². The number of carbonyl (C=O) groups is 1. The van der Waals surface area contributed by atoms with Crippen molar-refractivity contribution in [1.29, 1.82) is 0 Å². The van der Waals surface area contributed by atoms with E-state index in [4.69, 9.17) is 0 Å². The molecular formula is C12H18N2OS. The summed E-state index contributed by atoms with van der Waals surface area (Å²) in [6.45, 7) is 5.06. The van der Waals surface area contributed by atoms with Gasteiger partial charge in [-0.15, -0.1) is 11.3 Å². The quantitative estimate of drug-likeness (QED) is 0.857. The maximum atomic E-state index is 11.9. The average molecular weight is 238 g/mol. The van der Waals surface area contributed by atoms with Crippen molar-refractivity contribution in [3.05, 3.63) is 16.5 Å². The van der Waals surface area contributed by atoms with Gasteiger partial charge in [0.15, 0.2) is 0 Å². The number of aryl methyl sites for hydroxylation is 1. The van der Waals surface area contributed by atoms with Crippen LogP contribution in [0.3, 0.4) is 0 Å². The number of anilines is 1. The van der Waals surface area contributed by atoms with Crippen LogP contribution < -0.4 is 10.2 Å². The summed E-state index contributed by atoms with van der Waals surface area (Å²) in [5.41, 5.74) is 1.33. The van der Waals surface area contributed by atoms with Crippen molar-refractivity contribution in [2.75, 3.05) is 18.5 Å². The SMILES string of the molecule is CC(C)NC(=O)c1cc2c(s1)N(C)CCC2. The molecule has 2 rings (SSSR count). The predicted molar refractivity (Wildman–Crippen MR) is 68.5 cm³/mol. The first kappa shape index (κ1) is 11.5. The summed E-state index contributed by atoms with van der Waals surface area (Å²) < 4.78 is 0. The van der Waals surface area contributed by atoms with E-state index in [0.29, 0.717) is 0 Å². The van der Waals surface area contributed by atoms with Crippen molar-refractivity contribution >= 4 is 22.2 Å². The molecule has 1 aromatic rings. The Kier molecular flexibility index (Phi) is 3.19. The fraction of sp³-hybridized carbons (Fsp3) is 0.583. The maximum absolute atomic E-state index is 11.9. The molecule has 1 aliphatic rings. The van der Waals surface area contributed by atoms with Gasteiger partial charge in [-0.3, -0.25) is 4.79 Å². The van der Waals surface area contributed by atoms with Gasteiger partial charge in [0.2, 0.25) is 0 Å². The largest absolute Gasteiger partial charge is 0.366 e. The molecule has 1 N–H and O–H groups in total. The Morgan fingerprint density at radius 2 is 2.31 bits per heavy atom. The van der Waals surface area contributed by atoms with Crippen molar-refractivity contribution in [2.24, 2.45) is 0 Å². The molecule has 0 fully saturated rings. The van der Waals surface area contributed by atoms with Crippen LogP contribution in [0.5, 0.6) is 0 Å². The van der Waals surface area contributed by atoms with Crippen molar-refractivity contribution in [3.8, 4) is 0 Å². The monoisotopic (exact) mass is 238 g/mol. The van der Waals surface area contributed by atoms with Gasteiger partial charge in [-0.05, 0) is 38.3 Å². The smallest absolute Gasteiger partial charge is 0.261 e. The van der Waals surface area contributed by atoms with Crippen molar-refractivity contribution in [2.45, 2.75) is 32.7 Å². The molecule has 0 aliphatic carbocycles. The summed E-state index contributed by atoms with van der Waals surface area (Å²) in [5.74, 6) is 0.0581. The second kappa shape index (κ2) is 4.45. The summed E-state index contributed by atoms with van der Waals surface area (Å²) in [5, 5.41) is 4.20. The minimum absolute atomic E-state index is 0.0581. The Balaban J connectivity index is 2.21. The number of fused-ring (bicyclic) bond motifs is 1. The van der Waals surface area contributed by atoms with Gasteiger partial charge in [-0.25, -0.2) is 0 Å². The molecule has 4 heteroatoms. The fourth-order valence-electron chi connectivity index (χ4n) is 1.97. The topological polar surface area (TPSA) is 32.3 Å². The molecule has 1 aromatic heterocycles. The molecule has 0 radical (unpaired) electrons. The van der Waals surface area contributed by atoms with Gasteiger partial charge in [0.1, 0.15) is 0 Å². The molecule has 0 atom stereocenters. The Morgan fingerprint density at radius 3 is 2.94 bits per heavy atom. The molecule has 0 unspecified atom stereocenters. The predicted octanol–water partition coefficient (Wildman–Crippen LogP) is 2.27. The first-order valence-corrected chi connectivity index (χ1v) is 6.54. The highest BCUT2D eigenvalue weighted by Crippen LogP contribution is 2.34. The van der Waals surface area contributed by atoms with Crippen LogP contribution in [0.25, 0.3) is 0 Å². The summed E-state index contributed by atoms with van der Waals surface area (Å²) in [7, 11) is 2.10. The van der Waals surface area contributed by atoms with E-state index in [1.807, 2.05) is 19.9 Å². The second-order valence-corrected chi connectivity index (χ2v) is 5.62. The highest BCUT2D eigenvalue weighted by molar-refractivity contribution is 7.18. The standard InChI is InChI=1S/C12H18N2OS/c1-8(2)13-11(15)10-7-9-5-4-6-14(3)12(9)16-10/h7-8H,4-6H2,1-3H3,(H,13,15). The first-order chi connectivity index (χ1) is 7.58. The lowest BCUT2D eigenvalue weighted by Crippen LogP contribution is -2.29. The molecule has 3 nitrogen and oxygen atoms in total. The van der Waals surface area contributed by atoms with E-state index in [-0.39, 0.29) is 11.9 Å². The number of nitrogens with zero attached hydrogens (tertiary/aromatic N) is 1. The van der Waals surface area contributed by atoms with E-state index >= 15 is 0 Å². The molecule has 1 aliphatic heterocycles. The van der Waals surface area contributed by atoms with Gasteiger partial charge < -0.3 is 10.2 Å². The Hall–Kier alpha value is -1.03.